The van der Waals surface area contributed by atoms with Crippen LogP contribution in [0.1, 0.15) is 22.3 Å². The van der Waals surface area contributed by atoms with Gasteiger partial charge in [0.25, 0.3) is 0 Å². The third-order valence-corrected chi connectivity index (χ3v) is 14.1. The van der Waals surface area contributed by atoms with Crippen molar-refractivity contribution in [1.29, 1.82) is 0 Å². The largest absolute Gasteiger partial charge is 0.307 e. The number of benzene rings is 12. The molecule has 0 heterocycles. The van der Waals surface area contributed by atoms with E-state index in [0.29, 0.717) is 11.4 Å². The van der Waals surface area contributed by atoms with E-state index >= 15 is 8.78 Å². The quantitative estimate of drug-likeness (QED) is 0.126. The van der Waals surface area contributed by atoms with Crippen LogP contribution in [0.25, 0.3) is 76.8 Å². The van der Waals surface area contributed by atoms with Gasteiger partial charge in [-0.05, 0) is 178 Å². The Morgan fingerprint density at radius 1 is 0.264 bits per heavy atom. The summed E-state index contributed by atoms with van der Waals surface area (Å²) in [4.78, 5) is 4.19. The molecule has 0 bridgehead atoms. The molecule has 12 rings (SSSR count). The van der Waals surface area contributed by atoms with Gasteiger partial charge in [0.05, 0.1) is 22.7 Å². The SMILES string of the molecule is Cc1ccc(-c2cc(-c3ccccc3)cc(N(c3cc(C)ccc3F)c3ccc4ccc5c(N(c6cc(-c7ccccc7)cc(-c7ccc(C)cc7)c6)c6cc(C)ccc6F)ccc6ccc3c4c65)c2)cc1. The summed E-state index contributed by atoms with van der Waals surface area (Å²) in [6.45, 7) is 8.21. The Balaban J connectivity index is 1.12. The molecule has 2 nitrogen and oxygen atoms in total. The zero-order valence-corrected chi connectivity index (χ0v) is 40.6. The molecule has 0 N–H and O–H groups in total. The summed E-state index contributed by atoms with van der Waals surface area (Å²) in [5, 5.41) is 6.12. The lowest BCUT2D eigenvalue weighted by Gasteiger charge is -2.30. The lowest BCUT2D eigenvalue weighted by molar-refractivity contribution is 0.628. The van der Waals surface area contributed by atoms with Crippen molar-refractivity contribution in [3.05, 3.63) is 264 Å². The second-order valence-corrected chi connectivity index (χ2v) is 19.2. The van der Waals surface area contributed by atoms with Crippen molar-refractivity contribution in [2.45, 2.75) is 27.7 Å². The standard InChI is InChI=1S/C68H50F2N2/c1-43-15-21-49(22-16-43)55-37-53(47-11-7-5-8-12-47)39-57(41-55)71(65-35-45(3)19-31-61(65)69)63-33-27-51-26-30-60-64(34-28-52-25-29-59(63)67(51)68(52)60)72(66-36-46(4)20-32-62(66)70)58-40-54(48-13-9-6-10-14-48)38-56(42-58)50-23-17-44(2)18-24-50/h5-42H,1-4H3. The average molecular weight is 933 g/mol. The van der Waals surface area contributed by atoms with Gasteiger partial charge in [0, 0.05) is 22.1 Å². The number of nitrogens with zero attached hydrogens (tertiary/aromatic N) is 2. The number of hydrogen-bond donors (Lipinski definition) is 0. The molecule has 0 unspecified atom stereocenters. The van der Waals surface area contributed by atoms with Crippen LogP contribution in [0.15, 0.2) is 231 Å². The van der Waals surface area contributed by atoms with Gasteiger partial charge < -0.3 is 9.80 Å². The summed E-state index contributed by atoms with van der Waals surface area (Å²) < 4.78 is 33.6. The summed E-state index contributed by atoms with van der Waals surface area (Å²) >= 11 is 0. The topological polar surface area (TPSA) is 6.48 Å². The fourth-order valence-corrected chi connectivity index (χ4v) is 10.5. The molecule has 12 aromatic carbocycles. The van der Waals surface area contributed by atoms with Gasteiger partial charge in [0.2, 0.25) is 0 Å². The second kappa shape index (κ2) is 18.1. The minimum Gasteiger partial charge on any atom is -0.307 e. The van der Waals surface area contributed by atoms with Crippen LogP contribution in [-0.2, 0) is 0 Å². The van der Waals surface area contributed by atoms with Crippen molar-refractivity contribution in [1.82, 2.24) is 0 Å². The summed E-state index contributed by atoms with van der Waals surface area (Å²) in [5.41, 5.74) is 16.9. The molecule has 0 saturated heterocycles. The molecule has 0 fully saturated rings. The molecule has 0 atom stereocenters. The smallest absolute Gasteiger partial charge is 0.147 e. The van der Waals surface area contributed by atoms with Crippen LogP contribution in [0.4, 0.5) is 42.9 Å². The van der Waals surface area contributed by atoms with Crippen LogP contribution in [0, 0.1) is 39.3 Å². The molecule has 0 aliphatic carbocycles. The van der Waals surface area contributed by atoms with E-state index < -0.39 is 0 Å². The number of hydrogen-bond acceptors (Lipinski definition) is 2. The molecule has 4 heteroatoms. The zero-order valence-electron chi connectivity index (χ0n) is 40.6. The lowest BCUT2D eigenvalue weighted by atomic mass is 9.91. The van der Waals surface area contributed by atoms with Crippen molar-refractivity contribution in [2.75, 3.05) is 9.80 Å². The van der Waals surface area contributed by atoms with Gasteiger partial charge in [-0.3, -0.25) is 0 Å². The number of anilines is 6. The Labute approximate surface area is 419 Å². The maximum absolute atomic E-state index is 16.8. The van der Waals surface area contributed by atoms with Crippen molar-refractivity contribution >= 4 is 66.4 Å². The molecule has 346 valence electrons. The van der Waals surface area contributed by atoms with Gasteiger partial charge in [0.1, 0.15) is 11.6 Å². The first kappa shape index (κ1) is 44.4. The van der Waals surface area contributed by atoms with Crippen molar-refractivity contribution in [3.8, 4) is 44.5 Å². The van der Waals surface area contributed by atoms with E-state index in [0.717, 1.165) is 111 Å². The molecule has 0 aromatic heterocycles. The van der Waals surface area contributed by atoms with E-state index in [1.54, 1.807) is 12.1 Å². The van der Waals surface area contributed by atoms with Gasteiger partial charge in [0.15, 0.2) is 0 Å². The van der Waals surface area contributed by atoms with Crippen molar-refractivity contribution in [2.24, 2.45) is 0 Å². The highest BCUT2D eigenvalue weighted by Gasteiger charge is 2.26. The Morgan fingerprint density at radius 3 is 0.972 bits per heavy atom. The molecule has 0 aliphatic rings. The Bertz CT molecular complexity index is 3710. The molecular formula is C68H50F2N2. The van der Waals surface area contributed by atoms with E-state index in [2.05, 4.69) is 206 Å². The first-order valence-corrected chi connectivity index (χ1v) is 24.5. The molecule has 0 saturated carbocycles. The molecule has 0 radical (unpaired) electrons. The van der Waals surface area contributed by atoms with Crippen molar-refractivity contribution in [3.63, 3.8) is 0 Å². The highest BCUT2D eigenvalue weighted by molar-refractivity contribution is 6.28. The first-order chi connectivity index (χ1) is 35.1. The monoisotopic (exact) mass is 932 g/mol. The van der Waals surface area contributed by atoms with Crippen LogP contribution in [0.5, 0.6) is 0 Å². The normalized spacial score (nSPS) is 11.5. The fourth-order valence-electron chi connectivity index (χ4n) is 10.5. The van der Waals surface area contributed by atoms with E-state index in [1.165, 1.54) is 11.1 Å². The number of aryl methyl sites for hydroxylation is 4. The molecule has 72 heavy (non-hydrogen) atoms. The zero-order chi connectivity index (χ0) is 49.0. The van der Waals surface area contributed by atoms with E-state index in [4.69, 9.17) is 0 Å². The van der Waals surface area contributed by atoms with E-state index in [1.807, 2.05) is 50.2 Å². The Kier molecular flexibility index (Phi) is 11.2. The first-order valence-electron chi connectivity index (χ1n) is 24.5. The van der Waals surface area contributed by atoms with E-state index in [9.17, 15) is 0 Å². The van der Waals surface area contributed by atoms with Crippen LogP contribution >= 0.6 is 0 Å². The third kappa shape index (κ3) is 8.11. The summed E-state index contributed by atoms with van der Waals surface area (Å²) in [6, 6.07) is 79.0. The van der Waals surface area contributed by atoms with E-state index in [-0.39, 0.29) is 11.6 Å². The highest BCUT2D eigenvalue weighted by Crippen LogP contribution is 2.50. The Morgan fingerprint density at radius 2 is 0.597 bits per heavy atom. The average Bonchev–Trinajstić information content (AvgIpc) is 3.41. The predicted molar refractivity (Wildman–Crippen MR) is 300 cm³/mol. The minimum absolute atomic E-state index is 0.325. The summed E-state index contributed by atoms with van der Waals surface area (Å²) in [5.74, 6) is -0.650. The molecular weight excluding hydrogens is 883 g/mol. The molecule has 0 spiro atoms. The van der Waals surface area contributed by atoms with Gasteiger partial charge in [-0.25, -0.2) is 8.78 Å². The maximum atomic E-state index is 16.8. The highest BCUT2D eigenvalue weighted by atomic mass is 19.1. The van der Waals surface area contributed by atoms with Gasteiger partial charge in [-0.15, -0.1) is 0 Å². The fraction of sp³-hybridized carbons (Fsp3) is 0.0588. The predicted octanol–water partition coefficient (Wildman–Crippen LogP) is 19.7. The Hall–Kier alpha value is -8.86. The number of rotatable bonds is 10. The summed E-state index contributed by atoms with van der Waals surface area (Å²) in [6.07, 6.45) is 0. The molecule has 12 aromatic rings. The van der Waals surface area contributed by atoms with Crippen molar-refractivity contribution < 1.29 is 8.78 Å². The van der Waals surface area contributed by atoms with Crippen LogP contribution < -0.4 is 9.80 Å². The van der Waals surface area contributed by atoms with Crippen LogP contribution in [0.3, 0.4) is 0 Å². The molecule has 0 aliphatic heterocycles. The van der Waals surface area contributed by atoms with Gasteiger partial charge in [-0.1, -0.05) is 169 Å². The molecule has 0 amide bonds. The number of halogens is 2. The summed E-state index contributed by atoms with van der Waals surface area (Å²) in [7, 11) is 0. The lowest BCUT2D eigenvalue weighted by Crippen LogP contribution is -2.14. The van der Waals surface area contributed by atoms with Gasteiger partial charge in [-0.2, -0.15) is 0 Å². The maximum Gasteiger partial charge on any atom is 0.147 e. The second-order valence-electron chi connectivity index (χ2n) is 19.2. The minimum atomic E-state index is -0.325. The third-order valence-electron chi connectivity index (χ3n) is 14.1. The van der Waals surface area contributed by atoms with Crippen LogP contribution in [-0.4, -0.2) is 0 Å². The van der Waals surface area contributed by atoms with Crippen LogP contribution in [0.2, 0.25) is 0 Å². The van der Waals surface area contributed by atoms with Gasteiger partial charge >= 0.3 is 0 Å².